The molecule has 2 heterocycles. The number of fused-ring (bicyclic) bond motifs is 1. The molecule has 1 aliphatic rings. The Labute approximate surface area is 172 Å². The second kappa shape index (κ2) is 9.67. The van der Waals surface area contributed by atoms with Crippen LogP contribution in [0.4, 0.5) is 0 Å². The van der Waals surface area contributed by atoms with Crippen molar-refractivity contribution in [1.29, 1.82) is 0 Å². The third-order valence-electron chi connectivity index (χ3n) is 5.22. The molecular formula is C23H29N3O3. The van der Waals surface area contributed by atoms with E-state index in [0.717, 1.165) is 11.1 Å². The Bertz CT molecular complexity index is 854. The second-order valence-electron chi connectivity index (χ2n) is 7.55. The number of aromatic nitrogens is 1. The van der Waals surface area contributed by atoms with Gasteiger partial charge >= 0.3 is 0 Å². The number of amides is 1. The zero-order valence-corrected chi connectivity index (χ0v) is 17.2. The Balaban J connectivity index is 1.97. The summed E-state index contributed by atoms with van der Waals surface area (Å²) in [6.07, 6.45) is 5.51. The van der Waals surface area contributed by atoms with Crippen molar-refractivity contribution in [3.05, 3.63) is 59.3 Å². The largest absolute Gasteiger partial charge is 0.472 e. The molecular weight excluding hydrogens is 366 g/mol. The Kier molecular flexibility index (Phi) is 7.01. The maximum atomic E-state index is 13.3. The van der Waals surface area contributed by atoms with Crippen LogP contribution >= 0.6 is 0 Å². The van der Waals surface area contributed by atoms with Crippen molar-refractivity contribution in [1.82, 2.24) is 15.2 Å². The molecule has 2 aromatic rings. The Morgan fingerprint density at radius 1 is 1.31 bits per heavy atom. The Morgan fingerprint density at radius 3 is 2.72 bits per heavy atom. The summed E-state index contributed by atoms with van der Waals surface area (Å²) in [4.78, 5) is 19.5. The number of ether oxygens (including phenoxy) is 1. The second-order valence-corrected chi connectivity index (χ2v) is 7.55. The van der Waals surface area contributed by atoms with Gasteiger partial charge in [-0.25, -0.2) is 4.98 Å². The van der Waals surface area contributed by atoms with Gasteiger partial charge in [0.05, 0.1) is 12.6 Å². The predicted molar refractivity (Wildman–Crippen MR) is 115 cm³/mol. The maximum absolute atomic E-state index is 13.3. The van der Waals surface area contributed by atoms with E-state index in [1.165, 1.54) is 0 Å². The molecule has 0 radical (unpaired) electrons. The van der Waals surface area contributed by atoms with E-state index in [4.69, 9.17) is 4.74 Å². The molecule has 1 aromatic carbocycles. The number of benzene rings is 1. The zero-order valence-electron chi connectivity index (χ0n) is 17.2. The SMILES string of the molecule is CNC[C@H]1Oc2ncc(/C=C/c3ccccc3)cc2C(=O)N([C@@H](C)CO)C[C@H]1C. The highest BCUT2D eigenvalue weighted by atomic mass is 16.5. The highest BCUT2D eigenvalue weighted by molar-refractivity contribution is 5.97. The molecule has 0 unspecified atom stereocenters. The number of aliphatic hydroxyl groups excluding tert-OH is 1. The van der Waals surface area contributed by atoms with E-state index in [1.54, 1.807) is 11.1 Å². The molecule has 1 aliphatic heterocycles. The number of carbonyl (C=O) groups is 1. The van der Waals surface area contributed by atoms with Gasteiger partial charge in [-0.05, 0) is 31.2 Å². The number of pyridine rings is 1. The van der Waals surface area contributed by atoms with Crippen LogP contribution in [-0.4, -0.2) is 59.8 Å². The number of carbonyl (C=O) groups excluding carboxylic acids is 1. The van der Waals surface area contributed by atoms with Crippen molar-refractivity contribution in [2.75, 3.05) is 26.7 Å². The third-order valence-corrected chi connectivity index (χ3v) is 5.22. The van der Waals surface area contributed by atoms with E-state index in [0.29, 0.717) is 24.5 Å². The summed E-state index contributed by atoms with van der Waals surface area (Å²) < 4.78 is 6.13. The van der Waals surface area contributed by atoms with Crippen molar-refractivity contribution >= 4 is 18.1 Å². The fourth-order valence-electron chi connectivity index (χ4n) is 3.41. The van der Waals surface area contributed by atoms with Crippen LogP contribution in [0.25, 0.3) is 12.2 Å². The molecule has 1 aromatic heterocycles. The van der Waals surface area contributed by atoms with Crippen LogP contribution in [0.2, 0.25) is 0 Å². The average molecular weight is 396 g/mol. The number of rotatable bonds is 6. The molecule has 0 aliphatic carbocycles. The van der Waals surface area contributed by atoms with Gasteiger partial charge in [0.25, 0.3) is 5.91 Å². The zero-order chi connectivity index (χ0) is 20.8. The fourth-order valence-corrected chi connectivity index (χ4v) is 3.41. The van der Waals surface area contributed by atoms with Crippen molar-refractivity contribution in [3.63, 3.8) is 0 Å². The van der Waals surface area contributed by atoms with Crippen molar-refractivity contribution in [3.8, 4) is 5.88 Å². The van der Waals surface area contributed by atoms with E-state index < -0.39 is 0 Å². The minimum absolute atomic E-state index is 0.0907. The van der Waals surface area contributed by atoms with Gasteiger partial charge in [-0.1, -0.05) is 49.4 Å². The van der Waals surface area contributed by atoms with Gasteiger partial charge in [-0.15, -0.1) is 0 Å². The van der Waals surface area contributed by atoms with Gasteiger partial charge < -0.3 is 20.1 Å². The van der Waals surface area contributed by atoms with Gasteiger partial charge in [-0.3, -0.25) is 4.79 Å². The normalized spacial score (nSPS) is 20.7. The molecule has 29 heavy (non-hydrogen) atoms. The summed E-state index contributed by atoms with van der Waals surface area (Å²) >= 11 is 0. The Hall–Kier alpha value is -2.70. The van der Waals surface area contributed by atoms with E-state index in [1.807, 2.05) is 69.4 Å². The molecule has 0 saturated carbocycles. The number of hydrogen-bond donors (Lipinski definition) is 2. The van der Waals surface area contributed by atoms with Crippen LogP contribution in [-0.2, 0) is 0 Å². The predicted octanol–water partition coefficient (Wildman–Crippen LogP) is 2.69. The van der Waals surface area contributed by atoms with Crippen LogP contribution in [0.15, 0.2) is 42.6 Å². The van der Waals surface area contributed by atoms with Gasteiger partial charge in [0, 0.05) is 25.2 Å². The summed E-state index contributed by atoms with van der Waals surface area (Å²) in [6.45, 7) is 4.97. The fraction of sp³-hybridized carbons (Fsp3) is 0.391. The van der Waals surface area contributed by atoms with Crippen LogP contribution in [0.1, 0.15) is 35.3 Å². The molecule has 0 fully saturated rings. The molecule has 3 rings (SSSR count). The van der Waals surface area contributed by atoms with Crippen molar-refractivity contribution in [2.45, 2.75) is 26.0 Å². The number of likely N-dealkylation sites (N-methyl/N-ethyl adjacent to an activating group) is 1. The maximum Gasteiger partial charge on any atom is 0.259 e. The third kappa shape index (κ3) is 5.02. The number of nitrogens with one attached hydrogen (secondary N) is 1. The van der Waals surface area contributed by atoms with Gasteiger partial charge in [0.1, 0.15) is 11.7 Å². The van der Waals surface area contributed by atoms with E-state index in [-0.39, 0.29) is 30.6 Å². The van der Waals surface area contributed by atoms with Crippen LogP contribution < -0.4 is 10.1 Å². The first-order valence-corrected chi connectivity index (χ1v) is 9.99. The van der Waals surface area contributed by atoms with Crippen LogP contribution in [0.5, 0.6) is 5.88 Å². The van der Waals surface area contributed by atoms with Crippen molar-refractivity contribution in [2.24, 2.45) is 5.92 Å². The highest BCUT2D eigenvalue weighted by Gasteiger charge is 2.33. The summed E-state index contributed by atoms with van der Waals surface area (Å²) in [5.74, 6) is 0.264. The van der Waals surface area contributed by atoms with Crippen LogP contribution in [0.3, 0.4) is 0 Å². The molecule has 1 amide bonds. The number of aliphatic hydroxyl groups is 1. The highest BCUT2D eigenvalue weighted by Crippen LogP contribution is 2.27. The smallest absolute Gasteiger partial charge is 0.259 e. The lowest BCUT2D eigenvalue weighted by atomic mass is 10.00. The summed E-state index contributed by atoms with van der Waals surface area (Å²) in [7, 11) is 1.87. The molecule has 6 nitrogen and oxygen atoms in total. The number of nitrogens with zero attached hydrogens (tertiary/aromatic N) is 2. The summed E-state index contributed by atoms with van der Waals surface area (Å²) in [5, 5.41) is 12.8. The molecule has 0 bridgehead atoms. The van der Waals surface area contributed by atoms with E-state index in [2.05, 4.69) is 10.3 Å². The summed E-state index contributed by atoms with van der Waals surface area (Å²) in [6, 6.07) is 11.5. The minimum Gasteiger partial charge on any atom is -0.472 e. The first-order valence-electron chi connectivity index (χ1n) is 9.99. The van der Waals surface area contributed by atoms with Gasteiger partial charge in [0.2, 0.25) is 5.88 Å². The first kappa shape index (κ1) is 21.0. The van der Waals surface area contributed by atoms with Crippen molar-refractivity contribution < 1.29 is 14.6 Å². The lowest BCUT2D eigenvalue weighted by molar-refractivity contribution is 0.0404. The standard InChI is InChI=1S/C23H29N3O3/c1-16-14-26(17(2)15-27)23(28)20-11-19(10-9-18-7-5-4-6-8-18)12-25-22(20)29-21(16)13-24-3/h4-12,16-17,21,24,27H,13-15H2,1-3H3/b10-9+/t16-,17+,21-/m1/s1. The molecule has 3 atom stereocenters. The van der Waals surface area contributed by atoms with E-state index >= 15 is 0 Å². The monoisotopic (exact) mass is 395 g/mol. The van der Waals surface area contributed by atoms with Gasteiger partial charge in [0.15, 0.2) is 0 Å². The summed E-state index contributed by atoms with van der Waals surface area (Å²) in [5.41, 5.74) is 2.31. The average Bonchev–Trinajstić information content (AvgIpc) is 2.75. The molecule has 0 spiro atoms. The van der Waals surface area contributed by atoms with Gasteiger partial charge in [-0.2, -0.15) is 0 Å². The minimum atomic E-state index is -0.283. The number of hydrogen-bond acceptors (Lipinski definition) is 5. The molecule has 6 heteroatoms. The van der Waals surface area contributed by atoms with E-state index in [9.17, 15) is 9.90 Å². The quantitative estimate of drug-likeness (QED) is 0.787. The molecule has 154 valence electrons. The lowest BCUT2D eigenvalue weighted by Crippen LogP contribution is -2.49. The molecule has 0 saturated heterocycles. The first-order chi connectivity index (χ1) is 14.0. The topological polar surface area (TPSA) is 74.7 Å². The van der Waals surface area contributed by atoms with Crippen LogP contribution in [0, 0.1) is 5.92 Å². The Morgan fingerprint density at radius 2 is 2.03 bits per heavy atom. The molecule has 2 N–H and O–H groups in total. The lowest BCUT2D eigenvalue weighted by Gasteiger charge is -2.36.